The number of quaternary nitrogens is 1. The van der Waals surface area contributed by atoms with Crippen LogP contribution in [0.25, 0.3) is 0 Å². The Labute approximate surface area is 381 Å². The summed E-state index contributed by atoms with van der Waals surface area (Å²) in [6, 6.07) is 0. The Morgan fingerprint density at radius 2 is 0.903 bits per heavy atom. The van der Waals surface area contributed by atoms with E-state index in [1.165, 1.54) is 103 Å². The first-order valence-electron chi connectivity index (χ1n) is 25.3. The van der Waals surface area contributed by atoms with Crippen molar-refractivity contribution in [1.29, 1.82) is 0 Å². The van der Waals surface area contributed by atoms with Crippen molar-refractivity contribution in [3.05, 3.63) is 48.6 Å². The number of nitrogens with zero attached hydrogens (tertiary/aromatic N) is 1. The smallest absolute Gasteiger partial charge is 0.306 e. The van der Waals surface area contributed by atoms with Gasteiger partial charge in [0.25, 0.3) is 0 Å². The van der Waals surface area contributed by atoms with Crippen LogP contribution >= 0.6 is 0 Å². The lowest BCUT2D eigenvalue weighted by Gasteiger charge is -2.26. The van der Waals surface area contributed by atoms with Crippen LogP contribution < -0.4 is 5.11 Å². The van der Waals surface area contributed by atoms with Crippen molar-refractivity contribution in [2.24, 2.45) is 0 Å². The summed E-state index contributed by atoms with van der Waals surface area (Å²) in [6.07, 6.45) is 50.2. The maximum absolute atomic E-state index is 12.8. The number of rotatable bonds is 46. The fraction of sp³-hybridized carbons (Fsp3) is 0.792. The molecule has 0 heterocycles. The third kappa shape index (κ3) is 45.3. The van der Waals surface area contributed by atoms with E-state index in [4.69, 9.17) is 18.9 Å². The topological polar surface area (TPSA) is 111 Å². The number of unbranched alkanes of at least 4 members (excludes halogenated alkanes) is 23. The van der Waals surface area contributed by atoms with Crippen molar-refractivity contribution in [2.45, 2.75) is 225 Å². The summed E-state index contributed by atoms with van der Waals surface area (Å²) in [5.41, 5.74) is 0. The van der Waals surface area contributed by atoms with Gasteiger partial charge in [-0.25, -0.2) is 0 Å². The zero-order valence-electron chi connectivity index (χ0n) is 40.7. The molecule has 360 valence electrons. The van der Waals surface area contributed by atoms with Gasteiger partial charge in [-0.3, -0.25) is 9.59 Å². The van der Waals surface area contributed by atoms with Gasteiger partial charge in [-0.15, -0.1) is 0 Å². The minimum Gasteiger partial charge on any atom is -0.545 e. The first-order chi connectivity index (χ1) is 30.1. The molecule has 0 saturated carbocycles. The molecule has 0 aromatic carbocycles. The van der Waals surface area contributed by atoms with E-state index in [9.17, 15) is 19.5 Å². The van der Waals surface area contributed by atoms with Gasteiger partial charge in [0.15, 0.2) is 12.4 Å². The van der Waals surface area contributed by atoms with E-state index >= 15 is 0 Å². The highest BCUT2D eigenvalue weighted by atomic mass is 16.7. The van der Waals surface area contributed by atoms with Crippen molar-refractivity contribution >= 4 is 17.9 Å². The zero-order chi connectivity index (χ0) is 45.6. The Morgan fingerprint density at radius 3 is 1.37 bits per heavy atom. The van der Waals surface area contributed by atoms with Gasteiger partial charge >= 0.3 is 11.9 Å². The predicted molar refractivity (Wildman–Crippen MR) is 255 cm³/mol. The highest BCUT2D eigenvalue weighted by Gasteiger charge is 2.21. The van der Waals surface area contributed by atoms with Gasteiger partial charge in [-0.05, 0) is 70.6 Å². The molecule has 0 aliphatic heterocycles. The van der Waals surface area contributed by atoms with Crippen LogP contribution in [-0.2, 0) is 33.3 Å². The van der Waals surface area contributed by atoms with Crippen molar-refractivity contribution in [3.8, 4) is 0 Å². The van der Waals surface area contributed by atoms with Crippen molar-refractivity contribution in [2.75, 3.05) is 47.5 Å². The first-order valence-corrected chi connectivity index (χ1v) is 25.3. The molecule has 0 bridgehead atoms. The Bertz CT molecular complexity index is 1160. The third-order valence-corrected chi connectivity index (χ3v) is 10.8. The normalized spacial score (nSPS) is 13.2. The number of carboxylic acids is 1. The second-order valence-electron chi connectivity index (χ2n) is 18.1. The van der Waals surface area contributed by atoms with E-state index in [-0.39, 0.29) is 38.6 Å². The second-order valence-corrected chi connectivity index (χ2v) is 18.1. The zero-order valence-corrected chi connectivity index (χ0v) is 40.7. The summed E-state index contributed by atoms with van der Waals surface area (Å²) in [5.74, 6) is -2.30. The molecule has 2 atom stereocenters. The molecule has 0 N–H and O–H groups in total. The lowest BCUT2D eigenvalue weighted by molar-refractivity contribution is -0.870. The van der Waals surface area contributed by atoms with Crippen LogP contribution in [0, 0.1) is 0 Å². The van der Waals surface area contributed by atoms with Crippen molar-refractivity contribution in [1.82, 2.24) is 0 Å². The van der Waals surface area contributed by atoms with Crippen LogP contribution in [0.15, 0.2) is 48.6 Å². The largest absolute Gasteiger partial charge is 0.545 e. The van der Waals surface area contributed by atoms with Gasteiger partial charge in [0.05, 0.1) is 40.3 Å². The van der Waals surface area contributed by atoms with E-state index in [1.54, 1.807) is 0 Å². The fourth-order valence-corrected chi connectivity index (χ4v) is 6.84. The average Bonchev–Trinajstić information content (AvgIpc) is 3.23. The quantitative estimate of drug-likeness (QED) is 0.0195. The minimum atomic E-state index is -1.62. The first kappa shape index (κ1) is 59.2. The van der Waals surface area contributed by atoms with Crippen LogP contribution in [0.3, 0.4) is 0 Å². The van der Waals surface area contributed by atoms with Crippen molar-refractivity contribution in [3.63, 3.8) is 0 Å². The molecular weight excluding hydrogens is 779 g/mol. The number of esters is 2. The van der Waals surface area contributed by atoms with E-state index in [0.717, 1.165) is 77.0 Å². The van der Waals surface area contributed by atoms with Crippen molar-refractivity contribution < 1.29 is 42.9 Å². The summed E-state index contributed by atoms with van der Waals surface area (Å²) in [4.78, 5) is 37.0. The summed E-state index contributed by atoms with van der Waals surface area (Å²) < 4.78 is 22.5. The molecule has 0 rings (SSSR count). The highest BCUT2D eigenvalue weighted by Crippen LogP contribution is 2.15. The molecule has 0 amide bonds. The fourth-order valence-electron chi connectivity index (χ4n) is 6.84. The van der Waals surface area contributed by atoms with E-state index in [0.29, 0.717) is 17.4 Å². The molecule has 0 aliphatic carbocycles. The molecule has 9 nitrogen and oxygen atoms in total. The molecule has 62 heavy (non-hydrogen) atoms. The molecule has 0 aromatic rings. The lowest BCUT2D eigenvalue weighted by Crippen LogP contribution is -2.44. The Hall–Kier alpha value is -2.75. The number of allylic oxidation sites excluding steroid dienone is 8. The average molecular weight is 874 g/mol. The monoisotopic (exact) mass is 874 g/mol. The summed E-state index contributed by atoms with van der Waals surface area (Å²) in [7, 11) is 5.90. The maximum Gasteiger partial charge on any atom is 0.306 e. The molecule has 0 saturated heterocycles. The van der Waals surface area contributed by atoms with Crippen LogP contribution in [0.4, 0.5) is 0 Å². The molecule has 0 aromatic heterocycles. The number of hydrogen-bond donors (Lipinski definition) is 0. The van der Waals surface area contributed by atoms with Gasteiger partial charge in [0.1, 0.15) is 13.2 Å². The number of carbonyl (C=O) groups excluding carboxylic acids is 3. The Kier molecular flexibility index (Phi) is 42.9. The molecule has 9 heteroatoms. The standard InChI is InChI=1S/C53H95NO8/c1-6-8-10-12-14-16-18-19-20-21-22-23-24-25-26-27-28-29-30-31-32-33-34-36-38-40-42-44-51(56)62-49(48-61-53(52(57)58)59-46-45-54(3,4)5)47-60-50(55)43-41-39-37-35-17-15-13-11-9-7-2/h11,13,18-19,21-22,24-25,49,53H,6-10,12,14-17,20,23,26-48H2,1-5H3/b13-11-,19-18-,22-21-,25-24-. The van der Waals surface area contributed by atoms with Gasteiger partial charge < -0.3 is 33.3 Å². The molecular formula is C53H95NO8. The van der Waals surface area contributed by atoms with Gasteiger partial charge in [-0.2, -0.15) is 0 Å². The van der Waals surface area contributed by atoms with E-state index < -0.39 is 24.3 Å². The van der Waals surface area contributed by atoms with E-state index in [1.807, 2.05) is 21.1 Å². The molecule has 0 aliphatic rings. The summed E-state index contributed by atoms with van der Waals surface area (Å²) in [5, 5.41) is 11.7. The Morgan fingerprint density at radius 1 is 0.484 bits per heavy atom. The van der Waals surface area contributed by atoms with Gasteiger partial charge in [-0.1, -0.05) is 178 Å². The minimum absolute atomic E-state index is 0.145. The molecule has 0 spiro atoms. The summed E-state index contributed by atoms with van der Waals surface area (Å²) >= 11 is 0. The number of ether oxygens (including phenoxy) is 4. The number of carboxylic acid groups (broad SMARTS) is 1. The van der Waals surface area contributed by atoms with Crippen LogP contribution in [0.1, 0.15) is 213 Å². The SMILES string of the molecule is CCC/C=C\CCCCCCCC(=O)OCC(COC(OCC[N+](C)(C)C)C(=O)[O-])OC(=O)CCCCCCCCCCCCCC/C=C\C/C=C\C/C=C\CCCCCCC. The van der Waals surface area contributed by atoms with Crippen LogP contribution in [0.2, 0.25) is 0 Å². The highest BCUT2D eigenvalue weighted by molar-refractivity contribution is 5.70. The number of aliphatic carboxylic acids is 1. The van der Waals surface area contributed by atoms with Gasteiger partial charge in [0.2, 0.25) is 0 Å². The Balaban J connectivity index is 4.21. The van der Waals surface area contributed by atoms with Gasteiger partial charge in [0, 0.05) is 12.8 Å². The number of likely N-dealkylation sites (N-methyl/N-ethyl adjacent to an activating group) is 1. The second kappa shape index (κ2) is 44.8. The number of hydrogen-bond acceptors (Lipinski definition) is 8. The van der Waals surface area contributed by atoms with Crippen LogP contribution in [-0.4, -0.2) is 82.3 Å². The molecule has 0 fully saturated rings. The number of carbonyl (C=O) groups is 3. The van der Waals surface area contributed by atoms with Crippen LogP contribution in [0.5, 0.6) is 0 Å². The van der Waals surface area contributed by atoms with E-state index in [2.05, 4.69) is 62.5 Å². The third-order valence-electron chi connectivity index (χ3n) is 10.8. The molecule has 2 unspecified atom stereocenters. The lowest BCUT2D eigenvalue weighted by atomic mass is 10.0. The summed E-state index contributed by atoms with van der Waals surface area (Å²) in [6.45, 7) is 4.65. The predicted octanol–water partition coefficient (Wildman–Crippen LogP) is 12.6. The molecule has 0 radical (unpaired) electrons. The maximum atomic E-state index is 12.8.